The van der Waals surface area contributed by atoms with Crippen LogP contribution in [0, 0.1) is 5.92 Å². The van der Waals surface area contributed by atoms with Crippen LogP contribution in [0.4, 0.5) is 4.79 Å². The van der Waals surface area contributed by atoms with Crippen LogP contribution >= 0.6 is 0 Å². The van der Waals surface area contributed by atoms with Gasteiger partial charge >= 0.3 is 6.03 Å². The van der Waals surface area contributed by atoms with Gasteiger partial charge in [0.05, 0.1) is 13.7 Å². The number of para-hydroxylation sites is 1. The molecule has 0 bridgehead atoms. The van der Waals surface area contributed by atoms with E-state index in [1.165, 1.54) is 5.56 Å². The average molecular weight is 306 g/mol. The molecule has 5 heteroatoms. The third kappa shape index (κ3) is 4.63. The van der Waals surface area contributed by atoms with Crippen molar-refractivity contribution in [2.24, 2.45) is 5.92 Å². The SMILES string of the molecule is COCCNC(=O)N1CCC[C@@H](Cc2ccccc2OC)C1. The second-order valence-corrected chi connectivity index (χ2v) is 5.69. The molecule has 0 radical (unpaired) electrons. The van der Waals surface area contributed by atoms with Crippen LogP contribution in [0.3, 0.4) is 0 Å². The summed E-state index contributed by atoms with van der Waals surface area (Å²) >= 11 is 0. The highest BCUT2D eigenvalue weighted by Crippen LogP contribution is 2.25. The summed E-state index contributed by atoms with van der Waals surface area (Å²) in [5.41, 5.74) is 1.22. The normalized spacial score (nSPS) is 18.1. The number of hydrogen-bond donors (Lipinski definition) is 1. The van der Waals surface area contributed by atoms with Gasteiger partial charge in [-0.1, -0.05) is 18.2 Å². The molecule has 1 aliphatic rings. The molecule has 22 heavy (non-hydrogen) atoms. The summed E-state index contributed by atoms with van der Waals surface area (Å²) in [7, 11) is 3.34. The smallest absolute Gasteiger partial charge is 0.317 e. The van der Waals surface area contributed by atoms with Gasteiger partial charge in [0, 0.05) is 26.7 Å². The number of carbonyl (C=O) groups is 1. The van der Waals surface area contributed by atoms with E-state index in [1.807, 2.05) is 23.1 Å². The number of amides is 2. The Bertz CT molecular complexity index is 479. The molecule has 0 aliphatic carbocycles. The molecule has 0 unspecified atom stereocenters. The summed E-state index contributed by atoms with van der Waals surface area (Å²) < 4.78 is 10.4. The maximum absolute atomic E-state index is 12.1. The van der Waals surface area contributed by atoms with Gasteiger partial charge in [-0.25, -0.2) is 4.79 Å². The zero-order valence-corrected chi connectivity index (χ0v) is 13.5. The average Bonchev–Trinajstić information content (AvgIpc) is 2.56. The van der Waals surface area contributed by atoms with E-state index in [-0.39, 0.29) is 6.03 Å². The van der Waals surface area contributed by atoms with Gasteiger partial charge in [0.1, 0.15) is 5.75 Å². The van der Waals surface area contributed by atoms with Gasteiger partial charge in [0.2, 0.25) is 0 Å². The summed E-state index contributed by atoms with van der Waals surface area (Å²) in [6.45, 7) is 2.74. The Morgan fingerprint density at radius 2 is 2.18 bits per heavy atom. The maximum atomic E-state index is 12.1. The van der Waals surface area contributed by atoms with Crippen LogP contribution in [0.5, 0.6) is 5.75 Å². The number of rotatable bonds is 6. The molecule has 5 nitrogen and oxygen atoms in total. The van der Waals surface area contributed by atoms with Crippen molar-refractivity contribution in [1.29, 1.82) is 0 Å². The first-order valence-corrected chi connectivity index (χ1v) is 7.88. The molecule has 1 atom stereocenters. The molecule has 0 aromatic heterocycles. The molecule has 1 aromatic carbocycles. The van der Waals surface area contributed by atoms with Crippen molar-refractivity contribution in [3.8, 4) is 5.75 Å². The third-order valence-corrected chi connectivity index (χ3v) is 4.09. The Labute approximate surface area is 132 Å². The Morgan fingerprint density at radius 1 is 1.36 bits per heavy atom. The van der Waals surface area contributed by atoms with E-state index in [2.05, 4.69) is 11.4 Å². The van der Waals surface area contributed by atoms with Gasteiger partial charge in [-0.2, -0.15) is 0 Å². The molecule has 2 amide bonds. The number of hydrogen-bond acceptors (Lipinski definition) is 3. The lowest BCUT2D eigenvalue weighted by Crippen LogP contribution is -2.46. The minimum atomic E-state index is 0.0155. The van der Waals surface area contributed by atoms with Crippen molar-refractivity contribution in [1.82, 2.24) is 10.2 Å². The van der Waals surface area contributed by atoms with Crippen LogP contribution in [0.25, 0.3) is 0 Å². The summed E-state index contributed by atoms with van der Waals surface area (Å²) in [6, 6.07) is 8.14. The first-order valence-electron chi connectivity index (χ1n) is 7.88. The van der Waals surface area contributed by atoms with E-state index in [0.29, 0.717) is 19.1 Å². The van der Waals surface area contributed by atoms with Gasteiger partial charge in [0.25, 0.3) is 0 Å². The number of piperidine rings is 1. The minimum absolute atomic E-state index is 0.0155. The van der Waals surface area contributed by atoms with E-state index < -0.39 is 0 Å². The number of nitrogens with one attached hydrogen (secondary N) is 1. The van der Waals surface area contributed by atoms with Crippen molar-refractivity contribution >= 4 is 6.03 Å². The fraction of sp³-hybridized carbons (Fsp3) is 0.588. The lowest BCUT2D eigenvalue weighted by Gasteiger charge is -2.33. The fourth-order valence-corrected chi connectivity index (χ4v) is 2.97. The van der Waals surface area contributed by atoms with Crippen molar-refractivity contribution < 1.29 is 14.3 Å². The molecular weight excluding hydrogens is 280 g/mol. The van der Waals surface area contributed by atoms with Gasteiger partial charge in [-0.15, -0.1) is 0 Å². The molecule has 122 valence electrons. The van der Waals surface area contributed by atoms with E-state index in [0.717, 1.165) is 38.1 Å². The quantitative estimate of drug-likeness (QED) is 0.821. The van der Waals surface area contributed by atoms with Crippen LogP contribution in [0.2, 0.25) is 0 Å². The Hall–Kier alpha value is -1.75. The summed E-state index contributed by atoms with van der Waals surface area (Å²) in [4.78, 5) is 14.0. The van der Waals surface area contributed by atoms with Crippen molar-refractivity contribution in [3.63, 3.8) is 0 Å². The van der Waals surface area contributed by atoms with E-state index >= 15 is 0 Å². The lowest BCUT2D eigenvalue weighted by molar-refractivity contribution is 0.157. The van der Waals surface area contributed by atoms with Crippen molar-refractivity contribution in [3.05, 3.63) is 29.8 Å². The van der Waals surface area contributed by atoms with Gasteiger partial charge < -0.3 is 19.7 Å². The zero-order chi connectivity index (χ0) is 15.8. The van der Waals surface area contributed by atoms with Crippen molar-refractivity contribution in [2.45, 2.75) is 19.3 Å². The van der Waals surface area contributed by atoms with Crippen LogP contribution in [0.1, 0.15) is 18.4 Å². The van der Waals surface area contributed by atoms with E-state index in [9.17, 15) is 4.79 Å². The summed E-state index contributed by atoms with van der Waals surface area (Å²) in [6.07, 6.45) is 3.16. The highest BCUT2D eigenvalue weighted by Gasteiger charge is 2.24. The number of nitrogens with zero attached hydrogens (tertiary/aromatic N) is 1. The standard InChI is InChI=1S/C17H26N2O3/c1-21-11-9-18-17(20)19-10-5-6-14(13-19)12-15-7-3-4-8-16(15)22-2/h3-4,7-8,14H,5-6,9-13H2,1-2H3,(H,18,20)/t14-/m0/s1. The second-order valence-electron chi connectivity index (χ2n) is 5.69. The van der Waals surface area contributed by atoms with Crippen LogP contribution in [0.15, 0.2) is 24.3 Å². The van der Waals surface area contributed by atoms with Gasteiger partial charge in [0.15, 0.2) is 0 Å². The first kappa shape index (κ1) is 16.6. The fourth-order valence-electron chi connectivity index (χ4n) is 2.97. The monoisotopic (exact) mass is 306 g/mol. The molecule has 1 aliphatic heterocycles. The Morgan fingerprint density at radius 3 is 2.95 bits per heavy atom. The number of urea groups is 1. The topological polar surface area (TPSA) is 50.8 Å². The van der Waals surface area contributed by atoms with Crippen LogP contribution in [-0.2, 0) is 11.2 Å². The lowest BCUT2D eigenvalue weighted by atomic mass is 9.91. The van der Waals surface area contributed by atoms with Gasteiger partial charge in [-0.3, -0.25) is 0 Å². The number of likely N-dealkylation sites (tertiary alicyclic amines) is 1. The molecule has 1 heterocycles. The largest absolute Gasteiger partial charge is 0.496 e. The molecular formula is C17H26N2O3. The van der Waals surface area contributed by atoms with E-state index in [1.54, 1.807) is 14.2 Å². The molecule has 1 N–H and O–H groups in total. The zero-order valence-electron chi connectivity index (χ0n) is 13.5. The predicted molar refractivity (Wildman–Crippen MR) is 86.3 cm³/mol. The first-order chi connectivity index (χ1) is 10.7. The molecule has 2 rings (SSSR count). The second kappa shape index (κ2) is 8.63. The number of methoxy groups -OCH3 is 2. The Kier molecular flexibility index (Phi) is 6.52. The van der Waals surface area contributed by atoms with Crippen LogP contribution in [-0.4, -0.2) is 51.4 Å². The Balaban J connectivity index is 1.89. The highest BCUT2D eigenvalue weighted by atomic mass is 16.5. The minimum Gasteiger partial charge on any atom is -0.496 e. The molecule has 1 fully saturated rings. The predicted octanol–water partition coefficient (Wildman–Crippen LogP) is 2.31. The third-order valence-electron chi connectivity index (χ3n) is 4.09. The molecule has 0 spiro atoms. The number of carbonyl (C=O) groups excluding carboxylic acids is 1. The molecule has 1 saturated heterocycles. The highest BCUT2D eigenvalue weighted by molar-refractivity contribution is 5.74. The number of ether oxygens (including phenoxy) is 2. The molecule has 0 saturated carbocycles. The number of benzene rings is 1. The summed E-state index contributed by atoms with van der Waals surface area (Å²) in [5.74, 6) is 1.42. The van der Waals surface area contributed by atoms with E-state index in [4.69, 9.17) is 9.47 Å². The van der Waals surface area contributed by atoms with Crippen LogP contribution < -0.4 is 10.1 Å². The maximum Gasteiger partial charge on any atom is 0.317 e. The van der Waals surface area contributed by atoms with Gasteiger partial charge in [-0.05, 0) is 36.8 Å². The van der Waals surface area contributed by atoms with Crippen molar-refractivity contribution in [2.75, 3.05) is 40.5 Å². The molecule has 1 aromatic rings. The summed E-state index contributed by atoms with van der Waals surface area (Å²) in [5, 5.41) is 2.90.